The molecule has 3 N–H and O–H groups in total. The summed E-state index contributed by atoms with van der Waals surface area (Å²) in [4.78, 5) is 0. The van der Waals surface area contributed by atoms with E-state index in [4.69, 9.17) is 5.73 Å². The maximum atomic E-state index is 13.5. The fourth-order valence-corrected chi connectivity index (χ4v) is 1.48. The largest absolute Gasteiger partial charge is 0.507 e. The van der Waals surface area contributed by atoms with Crippen LogP contribution < -0.4 is 5.73 Å². The van der Waals surface area contributed by atoms with Crippen LogP contribution in [0.25, 0.3) is 0 Å². The van der Waals surface area contributed by atoms with Gasteiger partial charge in [-0.05, 0) is 41.9 Å². The zero-order valence-corrected chi connectivity index (χ0v) is 9.02. The first-order valence-corrected chi connectivity index (χ1v) is 4.59. The smallest absolute Gasteiger partial charge is 0.146 e. The maximum Gasteiger partial charge on any atom is 0.146 e. The number of phenols is 1. The highest BCUT2D eigenvalue weighted by molar-refractivity contribution is 9.10. The van der Waals surface area contributed by atoms with Gasteiger partial charge in [-0.1, -0.05) is 0 Å². The Morgan fingerprint density at radius 1 is 1.46 bits per heavy atom. The lowest BCUT2D eigenvalue weighted by Gasteiger charge is -2.21. The molecule has 4 heteroatoms. The predicted molar refractivity (Wildman–Crippen MR) is 53.0 cm³/mol. The van der Waals surface area contributed by atoms with Crippen molar-refractivity contribution in [2.75, 3.05) is 0 Å². The minimum Gasteiger partial charge on any atom is -0.507 e. The summed E-state index contributed by atoms with van der Waals surface area (Å²) in [7, 11) is 0. The molecule has 0 radical (unpaired) electrons. The molecule has 0 aliphatic rings. The first kappa shape index (κ1) is 10.5. The summed E-state index contributed by atoms with van der Waals surface area (Å²) in [5.41, 5.74) is 4.94. The molecule has 0 amide bonds. The molecule has 0 aliphatic carbocycles. The molecular weight excluding hydrogens is 237 g/mol. The quantitative estimate of drug-likeness (QED) is 0.801. The molecular formula is C9H11BrFNO. The standard InChI is InChI=1S/C9H11BrFNO/c1-9(2,12)7-6(13)4-3-5(10)8(7)11/h3-4,13H,12H2,1-2H3. The van der Waals surface area contributed by atoms with Crippen molar-refractivity contribution in [3.05, 3.63) is 28.0 Å². The van der Waals surface area contributed by atoms with Crippen LogP contribution in [0.4, 0.5) is 4.39 Å². The first-order valence-electron chi connectivity index (χ1n) is 3.80. The molecule has 1 rings (SSSR count). The second-order valence-electron chi connectivity index (χ2n) is 3.48. The van der Waals surface area contributed by atoms with Crippen LogP contribution in [0.3, 0.4) is 0 Å². The average Bonchev–Trinajstić information content (AvgIpc) is 1.95. The number of halogens is 2. The van der Waals surface area contributed by atoms with Gasteiger partial charge in [-0.3, -0.25) is 0 Å². The molecule has 0 bridgehead atoms. The van der Waals surface area contributed by atoms with Gasteiger partial charge in [0.1, 0.15) is 11.6 Å². The molecule has 13 heavy (non-hydrogen) atoms. The summed E-state index contributed by atoms with van der Waals surface area (Å²) >= 11 is 3.03. The van der Waals surface area contributed by atoms with E-state index in [1.54, 1.807) is 13.8 Å². The van der Waals surface area contributed by atoms with Crippen molar-refractivity contribution >= 4 is 15.9 Å². The number of nitrogens with two attached hydrogens (primary N) is 1. The Kier molecular flexibility index (Phi) is 2.63. The highest BCUT2D eigenvalue weighted by Gasteiger charge is 2.24. The molecule has 0 saturated carbocycles. The number of hydrogen-bond donors (Lipinski definition) is 2. The summed E-state index contributed by atoms with van der Waals surface area (Å²) in [6.45, 7) is 3.27. The lowest BCUT2D eigenvalue weighted by atomic mass is 9.94. The Hall–Kier alpha value is -0.610. The van der Waals surface area contributed by atoms with Crippen molar-refractivity contribution in [1.29, 1.82) is 0 Å². The number of aromatic hydroxyl groups is 1. The maximum absolute atomic E-state index is 13.5. The van der Waals surface area contributed by atoms with E-state index in [0.29, 0.717) is 4.47 Å². The van der Waals surface area contributed by atoms with Gasteiger partial charge in [-0.2, -0.15) is 0 Å². The SMILES string of the molecule is CC(C)(N)c1c(O)ccc(Br)c1F. The lowest BCUT2D eigenvalue weighted by Crippen LogP contribution is -2.30. The van der Waals surface area contributed by atoms with Crippen LogP contribution in [-0.2, 0) is 5.54 Å². The Bertz CT molecular complexity index is 333. The molecule has 0 spiro atoms. The van der Waals surface area contributed by atoms with E-state index in [0.717, 1.165) is 0 Å². The highest BCUT2D eigenvalue weighted by Crippen LogP contribution is 2.33. The molecule has 0 aromatic heterocycles. The van der Waals surface area contributed by atoms with E-state index < -0.39 is 11.4 Å². The summed E-state index contributed by atoms with van der Waals surface area (Å²) in [5, 5.41) is 9.41. The van der Waals surface area contributed by atoms with E-state index in [-0.39, 0.29) is 11.3 Å². The van der Waals surface area contributed by atoms with Gasteiger partial charge in [0, 0.05) is 11.1 Å². The number of rotatable bonds is 1. The van der Waals surface area contributed by atoms with Gasteiger partial charge in [-0.25, -0.2) is 4.39 Å². The second kappa shape index (κ2) is 3.27. The van der Waals surface area contributed by atoms with Crippen molar-refractivity contribution in [3.8, 4) is 5.75 Å². The van der Waals surface area contributed by atoms with Crippen molar-refractivity contribution in [2.45, 2.75) is 19.4 Å². The van der Waals surface area contributed by atoms with Gasteiger partial charge in [0.15, 0.2) is 0 Å². The van der Waals surface area contributed by atoms with Crippen LogP contribution in [0.5, 0.6) is 5.75 Å². The normalized spacial score (nSPS) is 11.8. The topological polar surface area (TPSA) is 46.2 Å². The fraction of sp³-hybridized carbons (Fsp3) is 0.333. The van der Waals surface area contributed by atoms with E-state index in [1.165, 1.54) is 12.1 Å². The fourth-order valence-electron chi connectivity index (χ4n) is 1.15. The zero-order chi connectivity index (χ0) is 10.2. The summed E-state index contributed by atoms with van der Waals surface area (Å²) < 4.78 is 13.8. The Morgan fingerprint density at radius 3 is 2.38 bits per heavy atom. The van der Waals surface area contributed by atoms with Gasteiger partial charge in [-0.15, -0.1) is 0 Å². The van der Waals surface area contributed by atoms with Crippen LogP contribution in [0, 0.1) is 5.82 Å². The molecule has 0 saturated heterocycles. The van der Waals surface area contributed by atoms with Crippen molar-refractivity contribution < 1.29 is 9.50 Å². The van der Waals surface area contributed by atoms with Gasteiger partial charge >= 0.3 is 0 Å². The predicted octanol–water partition coefficient (Wildman–Crippen LogP) is 2.49. The van der Waals surface area contributed by atoms with Gasteiger partial charge < -0.3 is 10.8 Å². The van der Waals surface area contributed by atoms with E-state index in [2.05, 4.69) is 15.9 Å². The molecule has 0 heterocycles. The molecule has 0 unspecified atom stereocenters. The van der Waals surface area contributed by atoms with Crippen LogP contribution >= 0.6 is 15.9 Å². The lowest BCUT2D eigenvalue weighted by molar-refractivity contribution is 0.420. The first-order chi connectivity index (χ1) is 5.84. The Balaban J connectivity index is 3.43. The van der Waals surface area contributed by atoms with Crippen LogP contribution in [0.2, 0.25) is 0 Å². The van der Waals surface area contributed by atoms with Crippen LogP contribution in [0.15, 0.2) is 16.6 Å². The third-order valence-corrected chi connectivity index (χ3v) is 2.33. The van der Waals surface area contributed by atoms with Gasteiger partial charge in [0.2, 0.25) is 0 Å². The zero-order valence-electron chi connectivity index (χ0n) is 7.44. The van der Waals surface area contributed by atoms with Gasteiger partial charge in [0.25, 0.3) is 0 Å². The van der Waals surface area contributed by atoms with Crippen molar-refractivity contribution in [1.82, 2.24) is 0 Å². The Labute approximate surface area is 84.7 Å². The minimum absolute atomic E-state index is 0.117. The summed E-state index contributed by atoms with van der Waals surface area (Å²) in [5.74, 6) is -0.624. The van der Waals surface area contributed by atoms with E-state index in [9.17, 15) is 9.50 Å². The monoisotopic (exact) mass is 247 g/mol. The molecule has 0 atom stereocenters. The number of phenolic OH excluding ortho intramolecular Hbond substituents is 1. The number of benzene rings is 1. The van der Waals surface area contributed by atoms with Crippen molar-refractivity contribution in [3.63, 3.8) is 0 Å². The summed E-state index contributed by atoms with van der Waals surface area (Å²) in [6.07, 6.45) is 0. The summed E-state index contributed by atoms with van der Waals surface area (Å²) in [6, 6.07) is 2.86. The van der Waals surface area contributed by atoms with Crippen LogP contribution in [-0.4, -0.2) is 5.11 Å². The third-order valence-electron chi connectivity index (χ3n) is 1.72. The molecule has 2 nitrogen and oxygen atoms in total. The van der Waals surface area contributed by atoms with E-state index >= 15 is 0 Å². The average molecular weight is 248 g/mol. The van der Waals surface area contributed by atoms with Gasteiger partial charge in [0.05, 0.1) is 4.47 Å². The molecule has 1 aromatic carbocycles. The molecule has 72 valence electrons. The van der Waals surface area contributed by atoms with E-state index in [1.807, 2.05) is 0 Å². The molecule has 0 fully saturated rings. The molecule has 1 aromatic rings. The number of hydrogen-bond acceptors (Lipinski definition) is 2. The second-order valence-corrected chi connectivity index (χ2v) is 4.33. The van der Waals surface area contributed by atoms with Crippen molar-refractivity contribution in [2.24, 2.45) is 5.73 Å². The third kappa shape index (κ3) is 2.00. The van der Waals surface area contributed by atoms with Crippen LogP contribution in [0.1, 0.15) is 19.4 Å². The Morgan fingerprint density at radius 2 is 2.00 bits per heavy atom. The molecule has 0 aliphatic heterocycles. The minimum atomic E-state index is -0.891. The highest BCUT2D eigenvalue weighted by atomic mass is 79.9.